The SMILES string of the molecule is Cc1ccc(C)c(-c2nonc2NC(=O)C2COc3ccccc3O2)c1. The third kappa shape index (κ3) is 2.99. The average molecular weight is 351 g/mol. The Kier molecular flexibility index (Phi) is 4.04. The van der Waals surface area contributed by atoms with Gasteiger partial charge in [0.1, 0.15) is 6.61 Å². The van der Waals surface area contributed by atoms with Crippen molar-refractivity contribution in [3.8, 4) is 22.8 Å². The maximum absolute atomic E-state index is 12.6. The van der Waals surface area contributed by atoms with Crippen LogP contribution in [0.2, 0.25) is 0 Å². The molecular weight excluding hydrogens is 334 g/mol. The number of para-hydroxylation sites is 2. The Morgan fingerprint density at radius 3 is 2.77 bits per heavy atom. The van der Waals surface area contributed by atoms with Gasteiger partial charge in [0, 0.05) is 5.56 Å². The van der Waals surface area contributed by atoms with Gasteiger partial charge in [-0.1, -0.05) is 29.8 Å². The van der Waals surface area contributed by atoms with Gasteiger partial charge in [-0.25, -0.2) is 4.63 Å². The summed E-state index contributed by atoms with van der Waals surface area (Å²) in [6.07, 6.45) is -0.784. The van der Waals surface area contributed by atoms with Crippen LogP contribution in [0.3, 0.4) is 0 Å². The number of fused-ring (bicyclic) bond motifs is 1. The summed E-state index contributed by atoms with van der Waals surface area (Å²) < 4.78 is 16.1. The molecule has 1 aliphatic heterocycles. The van der Waals surface area contributed by atoms with Crippen molar-refractivity contribution in [1.29, 1.82) is 0 Å². The number of benzene rings is 2. The van der Waals surface area contributed by atoms with E-state index in [9.17, 15) is 4.79 Å². The van der Waals surface area contributed by atoms with Gasteiger partial charge in [-0.15, -0.1) is 0 Å². The van der Waals surface area contributed by atoms with Crippen molar-refractivity contribution >= 4 is 11.7 Å². The molecule has 0 radical (unpaired) electrons. The van der Waals surface area contributed by atoms with E-state index in [4.69, 9.17) is 14.1 Å². The van der Waals surface area contributed by atoms with Gasteiger partial charge in [0.25, 0.3) is 5.91 Å². The lowest BCUT2D eigenvalue weighted by atomic mass is 10.0. The third-order valence-electron chi connectivity index (χ3n) is 4.18. The summed E-state index contributed by atoms with van der Waals surface area (Å²) in [6.45, 7) is 4.07. The number of amides is 1. The Morgan fingerprint density at radius 1 is 1.12 bits per heavy atom. The van der Waals surface area contributed by atoms with Crippen molar-refractivity contribution in [2.45, 2.75) is 20.0 Å². The van der Waals surface area contributed by atoms with E-state index in [-0.39, 0.29) is 18.3 Å². The monoisotopic (exact) mass is 351 g/mol. The summed E-state index contributed by atoms with van der Waals surface area (Å²) in [7, 11) is 0. The van der Waals surface area contributed by atoms with Gasteiger partial charge in [0.2, 0.25) is 11.9 Å². The van der Waals surface area contributed by atoms with E-state index in [0.29, 0.717) is 17.2 Å². The largest absolute Gasteiger partial charge is 0.485 e. The molecule has 7 heteroatoms. The highest BCUT2D eigenvalue weighted by Gasteiger charge is 2.29. The molecule has 0 saturated heterocycles. The van der Waals surface area contributed by atoms with E-state index in [0.717, 1.165) is 16.7 Å². The summed E-state index contributed by atoms with van der Waals surface area (Å²) in [5.74, 6) is 1.04. The first-order chi connectivity index (χ1) is 12.6. The highest BCUT2D eigenvalue weighted by molar-refractivity contribution is 5.96. The Hall–Kier alpha value is -3.35. The molecule has 2 heterocycles. The normalized spacial score (nSPS) is 15.5. The molecule has 1 aliphatic rings. The lowest BCUT2D eigenvalue weighted by molar-refractivity contribution is -0.125. The molecule has 26 heavy (non-hydrogen) atoms. The minimum Gasteiger partial charge on any atom is -0.485 e. The molecule has 3 aromatic rings. The fourth-order valence-corrected chi connectivity index (χ4v) is 2.78. The van der Waals surface area contributed by atoms with Crippen LogP contribution in [0.25, 0.3) is 11.3 Å². The standard InChI is InChI=1S/C19H17N3O4/c1-11-7-8-12(2)13(9-11)17-18(22-26-21-17)20-19(23)16-10-24-14-5-3-4-6-15(14)25-16/h3-9,16H,10H2,1-2H3,(H,20,22,23). The van der Waals surface area contributed by atoms with Crippen LogP contribution in [0.1, 0.15) is 11.1 Å². The predicted molar refractivity (Wildman–Crippen MR) is 94.2 cm³/mol. The summed E-state index contributed by atoms with van der Waals surface area (Å²) in [6, 6.07) is 13.2. The number of ether oxygens (including phenoxy) is 2. The van der Waals surface area contributed by atoms with E-state index < -0.39 is 6.10 Å². The van der Waals surface area contributed by atoms with Crippen molar-refractivity contribution in [2.24, 2.45) is 0 Å². The highest BCUT2D eigenvalue weighted by Crippen LogP contribution is 2.32. The summed E-state index contributed by atoms with van der Waals surface area (Å²) in [5.41, 5.74) is 3.42. The van der Waals surface area contributed by atoms with Gasteiger partial charge >= 0.3 is 0 Å². The second-order valence-corrected chi connectivity index (χ2v) is 6.13. The molecule has 0 fully saturated rings. The van der Waals surface area contributed by atoms with Crippen LogP contribution >= 0.6 is 0 Å². The molecule has 1 unspecified atom stereocenters. The number of aryl methyl sites for hydroxylation is 2. The third-order valence-corrected chi connectivity index (χ3v) is 4.18. The summed E-state index contributed by atoms with van der Waals surface area (Å²) in [4.78, 5) is 12.6. The molecule has 1 aromatic heterocycles. The number of rotatable bonds is 3. The highest BCUT2D eigenvalue weighted by atomic mass is 16.6. The van der Waals surface area contributed by atoms with Crippen molar-refractivity contribution in [3.05, 3.63) is 53.6 Å². The molecule has 7 nitrogen and oxygen atoms in total. The van der Waals surface area contributed by atoms with Gasteiger partial charge in [-0.05, 0) is 47.9 Å². The number of nitrogens with zero attached hydrogens (tertiary/aromatic N) is 2. The topological polar surface area (TPSA) is 86.5 Å². The van der Waals surface area contributed by atoms with Crippen LogP contribution in [0.15, 0.2) is 47.1 Å². The molecule has 1 atom stereocenters. The number of anilines is 1. The second kappa shape index (κ2) is 6.51. The first-order valence-electron chi connectivity index (χ1n) is 8.21. The van der Waals surface area contributed by atoms with Crippen LogP contribution in [0.5, 0.6) is 11.5 Å². The van der Waals surface area contributed by atoms with Crippen LogP contribution in [-0.2, 0) is 4.79 Å². The van der Waals surface area contributed by atoms with Gasteiger partial charge in [-0.2, -0.15) is 0 Å². The number of hydrogen-bond acceptors (Lipinski definition) is 6. The van der Waals surface area contributed by atoms with Gasteiger partial charge < -0.3 is 14.8 Å². The van der Waals surface area contributed by atoms with Crippen LogP contribution in [0.4, 0.5) is 5.82 Å². The molecule has 132 valence electrons. The average Bonchev–Trinajstić information content (AvgIpc) is 3.11. The Bertz CT molecular complexity index is 967. The van der Waals surface area contributed by atoms with Crippen molar-refractivity contribution in [3.63, 3.8) is 0 Å². The van der Waals surface area contributed by atoms with Crippen molar-refractivity contribution in [1.82, 2.24) is 10.3 Å². The first-order valence-corrected chi connectivity index (χ1v) is 8.21. The second-order valence-electron chi connectivity index (χ2n) is 6.13. The van der Waals surface area contributed by atoms with E-state index in [1.807, 2.05) is 44.2 Å². The van der Waals surface area contributed by atoms with Gasteiger partial charge in [0.15, 0.2) is 17.2 Å². The van der Waals surface area contributed by atoms with Gasteiger partial charge in [0.05, 0.1) is 0 Å². The zero-order valence-corrected chi connectivity index (χ0v) is 14.4. The zero-order chi connectivity index (χ0) is 18.1. The van der Waals surface area contributed by atoms with E-state index in [2.05, 4.69) is 15.6 Å². The van der Waals surface area contributed by atoms with Crippen LogP contribution in [-0.4, -0.2) is 28.9 Å². The first kappa shape index (κ1) is 16.1. The lowest BCUT2D eigenvalue weighted by Gasteiger charge is -2.25. The predicted octanol–water partition coefficient (Wildman–Crippen LogP) is 3.13. The fraction of sp³-hybridized carbons (Fsp3) is 0.211. The van der Waals surface area contributed by atoms with E-state index in [1.165, 1.54) is 0 Å². The van der Waals surface area contributed by atoms with Crippen molar-refractivity contribution in [2.75, 3.05) is 11.9 Å². The summed E-state index contributed by atoms with van der Waals surface area (Å²) >= 11 is 0. The molecule has 0 bridgehead atoms. The smallest absolute Gasteiger partial charge is 0.270 e. The van der Waals surface area contributed by atoms with E-state index in [1.54, 1.807) is 12.1 Å². The van der Waals surface area contributed by atoms with Crippen LogP contribution in [0, 0.1) is 13.8 Å². The fourth-order valence-electron chi connectivity index (χ4n) is 2.78. The quantitative estimate of drug-likeness (QED) is 0.780. The van der Waals surface area contributed by atoms with Crippen molar-refractivity contribution < 1.29 is 18.9 Å². The molecular formula is C19H17N3O4. The molecule has 1 amide bonds. The molecule has 0 spiro atoms. The molecule has 1 N–H and O–H groups in total. The Balaban J connectivity index is 1.55. The number of carbonyl (C=O) groups excluding carboxylic acids is 1. The molecule has 0 aliphatic carbocycles. The number of hydrogen-bond donors (Lipinski definition) is 1. The lowest BCUT2D eigenvalue weighted by Crippen LogP contribution is -2.40. The van der Waals surface area contributed by atoms with Gasteiger partial charge in [-0.3, -0.25) is 4.79 Å². The van der Waals surface area contributed by atoms with E-state index >= 15 is 0 Å². The maximum atomic E-state index is 12.6. The number of carbonyl (C=O) groups is 1. The minimum absolute atomic E-state index is 0.118. The summed E-state index contributed by atoms with van der Waals surface area (Å²) in [5, 5.41) is 10.5. The van der Waals surface area contributed by atoms with Crippen LogP contribution < -0.4 is 14.8 Å². The Labute approximate surface area is 149 Å². The maximum Gasteiger partial charge on any atom is 0.270 e. The molecule has 0 saturated carbocycles. The Morgan fingerprint density at radius 2 is 1.92 bits per heavy atom. The minimum atomic E-state index is -0.784. The molecule has 2 aromatic carbocycles. The molecule has 4 rings (SSSR count). The zero-order valence-electron chi connectivity index (χ0n) is 14.4. The number of aromatic nitrogens is 2. The number of nitrogens with one attached hydrogen (secondary N) is 1.